The normalized spacial score (nSPS) is 14.7. The molecule has 0 radical (unpaired) electrons. The lowest BCUT2D eigenvalue weighted by molar-refractivity contribution is -0.141. The van der Waals surface area contributed by atoms with Crippen molar-refractivity contribution in [2.45, 2.75) is 64.1 Å². The van der Waals surface area contributed by atoms with E-state index in [1.807, 2.05) is 12.1 Å². The van der Waals surface area contributed by atoms with Crippen LogP contribution < -0.4 is 10.1 Å². The Morgan fingerprint density at radius 3 is 2.25 bits per heavy atom. The highest BCUT2D eigenvalue weighted by Crippen LogP contribution is 2.20. The quantitative estimate of drug-likeness (QED) is 0.452. The van der Waals surface area contributed by atoms with Gasteiger partial charge in [-0.25, -0.2) is 0 Å². The molecule has 0 heterocycles. The molecule has 1 atom stereocenters. The van der Waals surface area contributed by atoms with Gasteiger partial charge in [0, 0.05) is 29.1 Å². The van der Waals surface area contributed by atoms with Crippen LogP contribution in [0.2, 0.25) is 10.0 Å². The van der Waals surface area contributed by atoms with Gasteiger partial charge >= 0.3 is 0 Å². The van der Waals surface area contributed by atoms with E-state index < -0.39 is 6.04 Å². The van der Waals surface area contributed by atoms with Crippen molar-refractivity contribution in [3.05, 3.63) is 64.1 Å². The molecule has 0 bridgehead atoms. The van der Waals surface area contributed by atoms with E-state index in [-0.39, 0.29) is 17.9 Å². The molecular weight excluding hydrogens is 447 g/mol. The van der Waals surface area contributed by atoms with Crippen LogP contribution in [0.1, 0.15) is 51.0 Å². The van der Waals surface area contributed by atoms with Gasteiger partial charge in [-0.3, -0.25) is 9.59 Å². The zero-order chi connectivity index (χ0) is 22.9. The van der Waals surface area contributed by atoms with E-state index in [0.717, 1.165) is 31.2 Å². The summed E-state index contributed by atoms with van der Waals surface area (Å²) in [5, 5.41) is 4.40. The lowest BCUT2D eigenvalue weighted by Crippen LogP contribution is -2.49. The molecule has 0 saturated heterocycles. The Bertz CT molecular complexity index is 881. The van der Waals surface area contributed by atoms with E-state index in [1.165, 1.54) is 0 Å². The van der Waals surface area contributed by atoms with Gasteiger partial charge in [0.2, 0.25) is 11.8 Å². The molecule has 0 aliphatic heterocycles. The Labute approximate surface area is 200 Å². The van der Waals surface area contributed by atoms with E-state index >= 15 is 0 Å². The third-order valence-corrected chi connectivity index (χ3v) is 6.26. The number of halogens is 2. The topological polar surface area (TPSA) is 58.6 Å². The van der Waals surface area contributed by atoms with Gasteiger partial charge in [-0.1, -0.05) is 48.2 Å². The van der Waals surface area contributed by atoms with Crippen molar-refractivity contribution >= 4 is 35.0 Å². The van der Waals surface area contributed by atoms with Crippen molar-refractivity contribution in [2.75, 3.05) is 6.61 Å². The van der Waals surface area contributed by atoms with Crippen molar-refractivity contribution in [1.82, 2.24) is 10.2 Å². The summed E-state index contributed by atoms with van der Waals surface area (Å²) in [5.41, 5.74) is 0.931. The molecule has 0 unspecified atom stereocenters. The monoisotopic (exact) mass is 476 g/mol. The van der Waals surface area contributed by atoms with Gasteiger partial charge in [-0.05, 0) is 68.1 Å². The molecule has 2 amide bonds. The summed E-state index contributed by atoms with van der Waals surface area (Å²) >= 11 is 11.9. The third kappa shape index (κ3) is 7.42. The lowest BCUT2D eigenvalue weighted by Gasteiger charge is -2.30. The smallest absolute Gasteiger partial charge is 0.242 e. The maximum absolute atomic E-state index is 13.1. The summed E-state index contributed by atoms with van der Waals surface area (Å²) in [6.45, 7) is 2.56. The van der Waals surface area contributed by atoms with Crippen molar-refractivity contribution in [2.24, 2.45) is 0 Å². The summed E-state index contributed by atoms with van der Waals surface area (Å²) < 4.78 is 5.70. The number of hydrogen-bond acceptors (Lipinski definition) is 3. The number of rotatable bonds is 10. The molecular formula is C25H30Cl2N2O3. The number of nitrogens with one attached hydrogen (secondary N) is 1. The van der Waals surface area contributed by atoms with Crippen LogP contribution in [0, 0.1) is 0 Å². The molecule has 1 fully saturated rings. The van der Waals surface area contributed by atoms with Crippen molar-refractivity contribution < 1.29 is 14.3 Å². The Hall–Kier alpha value is -2.24. The van der Waals surface area contributed by atoms with E-state index in [4.69, 9.17) is 27.9 Å². The minimum Gasteiger partial charge on any atom is -0.494 e. The summed E-state index contributed by atoms with van der Waals surface area (Å²) in [6, 6.07) is 14.1. The zero-order valence-corrected chi connectivity index (χ0v) is 19.9. The highest BCUT2D eigenvalue weighted by molar-refractivity contribution is 6.30. The molecule has 2 aromatic rings. The SMILES string of the molecule is C[C@H](C(=O)NC1CCCC1)N(Cc1ccc(Cl)cc1)C(=O)CCCOc1ccc(Cl)cc1. The van der Waals surface area contributed by atoms with Gasteiger partial charge in [-0.15, -0.1) is 0 Å². The average molecular weight is 477 g/mol. The number of carbonyl (C=O) groups excluding carboxylic acids is 2. The van der Waals surface area contributed by atoms with E-state index in [0.29, 0.717) is 41.8 Å². The minimum atomic E-state index is -0.559. The summed E-state index contributed by atoms with van der Waals surface area (Å²) in [7, 11) is 0. The number of amides is 2. The van der Waals surface area contributed by atoms with Crippen LogP contribution in [-0.4, -0.2) is 35.4 Å². The van der Waals surface area contributed by atoms with Crippen molar-refractivity contribution in [3.8, 4) is 5.75 Å². The van der Waals surface area contributed by atoms with E-state index in [1.54, 1.807) is 48.2 Å². The molecule has 1 saturated carbocycles. The lowest BCUT2D eigenvalue weighted by atomic mass is 10.1. The predicted molar refractivity (Wildman–Crippen MR) is 128 cm³/mol. The molecule has 0 spiro atoms. The first kappa shape index (κ1) is 24.4. The zero-order valence-electron chi connectivity index (χ0n) is 18.4. The molecule has 0 aromatic heterocycles. The molecule has 1 aliphatic carbocycles. The molecule has 2 aromatic carbocycles. The van der Waals surface area contributed by atoms with Gasteiger partial charge in [0.15, 0.2) is 0 Å². The number of hydrogen-bond donors (Lipinski definition) is 1. The van der Waals surface area contributed by atoms with E-state index in [2.05, 4.69) is 5.32 Å². The summed E-state index contributed by atoms with van der Waals surface area (Å²) in [5.74, 6) is 0.537. The predicted octanol–water partition coefficient (Wildman–Crippen LogP) is 5.63. The highest BCUT2D eigenvalue weighted by Gasteiger charge is 2.28. The molecule has 1 N–H and O–H groups in total. The van der Waals surface area contributed by atoms with Crippen LogP contribution in [0.3, 0.4) is 0 Å². The number of nitrogens with zero attached hydrogens (tertiary/aromatic N) is 1. The van der Waals surface area contributed by atoms with Gasteiger partial charge in [0.05, 0.1) is 6.61 Å². The fourth-order valence-corrected chi connectivity index (χ4v) is 4.10. The highest BCUT2D eigenvalue weighted by atomic mass is 35.5. The molecule has 172 valence electrons. The van der Waals surface area contributed by atoms with Crippen LogP contribution >= 0.6 is 23.2 Å². The minimum absolute atomic E-state index is 0.0753. The fraction of sp³-hybridized carbons (Fsp3) is 0.440. The van der Waals surface area contributed by atoms with Crippen LogP contribution in [-0.2, 0) is 16.1 Å². The van der Waals surface area contributed by atoms with Gasteiger partial charge in [0.1, 0.15) is 11.8 Å². The first-order chi connectivity index (χ1) is 15.4. The van der Waals surface area contributed by atoms with Gasteiger partial charge in [-0.2, -0.15) is 0 Å². The van der Waals surface area contributed by atoms with Crippen molar-refractivity contribution in [1.29, 1.82) is 0 Å². The molecule has 7 heteroatoms. The van der Waals surface area contributed by atoms with Crippen LogP contribution in [0.25, 0.3) is 0 Å². The summed E-state index contributed by atoms with van der Waals surface area (Å²) in [6.07, 6.45) is 5.13. The second-order valence-electron chi connectivity index (χ2n) is 8.22. The average Bonchev–Trinajstić information content (AvgIpc) is 3.30. The maximum Gasteiger partial charge on any atom is 0.242 e. The van der Waals surface area contributed by atoms with E-state index in [9.17, 15) is 9.59 Å². The maximum atomic E-state index is 13.1. The molecule has 1 aliphatic rings. The molecule has 5 nitrogen and oxygen atoms in total. The number of carbonyl (C=O) groups is 2. The van der Waals surface area contributed by atoms with Gasteiger partial charge < -0.3 is 15.0 Å². The standard InChI is InChI=1S/C25H30Cl2N2O3/c1-18(25(31)28-22-5-2-3-6-22)29(17-19-8-10-20(26)11-9-19)24(30)7-4-16-32-23-14-12-21(27)13-15-23/h8-15,18,22H,2-7,16-17H2,1H3,(H,28,31)/t18-/m1/s1. The number of benzene rings is 2. The second-order valence-corrected chi connectivity index (χ2v) is 9.09. The number of ether oxygens (including phenoxy) is 1. The second kappa shape index (κ2) is 12.1. The Kier molecular flexibility index (Phi) is 9.24. The van der Waals surface area contributed by atoms with Crippen LogP contribution in [0.15, 0.2) is 48.5 Å². The van der Waals surface area contributed by atoms with Crippen LogP contribution in [0.5, 0.6) is 5.75 Å². The Morgan fingerprint density at radius 2 is 1.62 bits per heavy atom. The fourth-order valence-electron chi connectivity index (χ4n) is 3.85. The molecule has 3 rings (SSSR count). The Morgan fingerprint density at radius 1 is 1.03 bits per heavy atom. The molecule has 32 heavy (non-hydrogen) atoms. The largest absolute Gasteiger partial charge is 0.494 e. The first-order valence-electron chi connectivity index (χ1n) is 11.1. The van der Waals surface area contributed by atoms with Crippen LogP contribution in [0.4, 0.5) is 0 Å². The Balaban J connectivity index is 1.59. The van der Waals surface area contributed by atoms with Gasteiger partial charge in [0.25, 0.3) is 0 Å². The third-order valence-electron chi connectivity index (χ3n) is 5.75. The summed E-state index contributed by atoms with van der Waals surface area (Å²) in [4.78, 5) is 27.6. The first-order valence-corrected chi connectivity index (χ1v) is 11.9. The van der Waals surface area contributed by atoms with Crippen molar-refractivity contribution in [3.63, 3.8) is 0 Å².